The highest BCUT2D eigenvalue weighted by Gasteiger charge is 2.12. The number of carbonyl (C=O) groups excluding carboxylic acids is 1. The molecule has 0 aliphatic heterocycles. The van der Waals surface area contributed by atoms with Crippen molar-refractivity contribution >= 4 is 28.1 Å². The molecule has 2 heterocycles. The van der Waals surface area contributed by atoms with E-state index in [9.17, 15) is 4.79 Å². The molecule has 6 heteroatoms. The van der Waals surface area contributed by atoms with E-state index >= 15 is 0 Å². The van der Waals surface area contributed by atoms with Crippen LogP contribution in [0.1, 0.15) is 35.8 Å². The maximum absolute atomic E-state index is 12.0. The summed E-state index contributed by atoms with van der Waals surface area (Å²) < 4.78 is 0. The molecule has 0 atom stereocenters. The van der Waals surface area contributed by atoms with Gasteiger partial charge in [-0.05, 0) is 12.0 Å². The van der Waals surface area contributed by atoms with Crippen molar-refractivity contribution in [2.24, 2.45) is 0 Å². The Hall–Kier alpha value is -1.95. The van der Waals surface area contributed by atoms with E-state index in [2.05, 4.69) is 29.1 Å². The van der Waals surface area contributed by atoms with Gasteiger partial charge in [0.15, 0.2) is 5.13 Å². The van der Waals surface area contributed by atoms with E-state index in [0.717, 1.165) is 5.69 Å². The molecular weight excluding hydrogens is 248 g/mol. The van der Waals surface area contributed by atoms with E-state index < -0.39 is 0 Å². The van der Waals surface area contributed by atoms with Gasteiger partial charge >= 0.3 is 0 Å². The Labute approximate surface area is 109 Å². The number of anilines is 2. The first-order valence-corrected chi connectivity index (χ1v) is 6.42. The minimum atomic E-state index is -0.264. The van der Waals surface area contributed by atoms with Crippen LogP contribution in [-0.4, -0.2) is 15.9 Å². The molecule has 0 fully saturated rings. The number of thiazole rings is 1. The summed E-state index contributed by atoms with van der Waals surface area (Å²) in [6.45, 7) is 4.11. The van der Waals surface area contributed by atoms with Gasteiger partial charge in [0.1, 0.15) is 0 Å². The normalized spacial score (nSPS) is 10.6. The van der Waals surface area contributed by atoms with E-state index in [1.54, 1.807) is 6.07 Å². The monoisotopic (exact) mass is 262 g/mol. The average Bonchev–Trinajstić information content (AvgIpc) is 2.78. The molecule has 5 nitrogen and oxygen atoms in total. The molecule has 0 radical (unpaired) electrons. The van der Waals surface area contributed by atoms with Crippen molar-refractivity contribution in [1.29, 1.82) is 0 Å². The van der Waals surface area contributed by atoms with E-state index in [0.29, 0.717) is 22.3 Å². The molecule has 0 aromatic carbocycles. The summed E-state index contributed by atoms with van der Waals surface area (Å²) >= 11 is 1.41. The second-order valence-electron chi connectivity index (χ2n) is 4.15. The van der Waals surface area contributed by atoms with Crippen molar-refractivity contribution < 1.29 is 4.79 Å². The number of hydrogen-bond donors (Lipinski definition) is 2. The number of aromatic nitrogens is 2. The van der Waals surface area contributed by atoms with Gasteiger partial charge in [-0.15, -0.1) is 11.3 Å². The van der Waals surface area contributed by atoms with Gasteiger partial charge in [-0.3, -0.25) is 15.1 Å². The molecule has 2 rings (SSSR count). The Morgan fingerprint density at radius 2 is 2.28 bits per heavy atom. The summed E-state index contributed by atoms with van der Waals surface area (Å²) in [4.78, 5) is 20.1. The Morgan fingerprint density at radius 1 is 1.50 bits per heavy atom. The van der Waals surface area contributed by atoms with Crippen LogP contribution in [0.3, 0.4) is 0 Å². The number of pyridine rings is 1. The van der Waals surface area contributed by atoms with Crippen LogP contribution >= 0.6 is 11.3 Å². The maximum Gasteiger partial charge on any atom is 0.259 e. The SMILES string of the molecule is CC(C)c1csc(NC(=O)c2ccncc2N)n1. The summed E-state index contributed by atoms with van der Waals surface area (Å²) in [7, 11) is 0. The molecule has 0 aliphatic rings. The van der Waals surface area contributed by atoms with Crippen LogP contribution in [0.15, 0.2) is 23.8 Å². The first-order chi connectivity index (χ1) is 8.58. The van der Waals surface area contributed by atoms with Crippen molar-refractivity contribution in [2.75, 3.05) is 11.1 Å². The van der Waals surface area contributed by atoms with Gasteiger partial charge in [0.05, 0.1) is 23.1 Å². The predicted molar refractivity (Wildman–Crippen MR) is 72.8 cm³/mol. The smallest absolute Gasteiger partial charge is 0.259 e. The highest BCUT2D eigenvalue weighted by Crippen LogP contribution is 2.22. The lowest BCUT2D eigenvalue weighted by Gasteiger charge is -2.04. The van der Waals surface area contributed by atoms with Crippen LogP contribution in [0.4, 0.5) is 10.8 Å². The van der Waals surface area contributed by atoms with Crippen LogP contribution < -0.4 is 11.1 Å². The first kappa shape index (κ1) is 12.5. The number of nitrogens with zero attached hydrogens (tertiary/aromatic N) is 2. The summed E-state index contributed by atoms with van der Waals surface area (Å²) in [5.41, 5.74) is 7.42. The second kappa shape index (κ2) is 5.14. The molecule has 0 saturated heterocycles. The van der Waals surface area contributed by atoms with Crippen LogP contribution in [0.5, 0.6) is 0 Å². The van der Waals surface area contributed by atoms with Crippen LogP contribution in [0, 0.1) is 0 Å². The number of amides is 1. The lowest BCUT2D eigenvalue weighted by Crippen LogP contribution is -2.14. The van der Waals surface area contributed by atoms with Crippen molar-refractivity contribution in [3.63, 3.8) is 0 Å². The lowest BCUT2D eigenvalue weighted by molar-refractivity contribution is 0.102. The van der Waals surface area contributed by atoms with Crippen LogP contribution in [0.2, 0.25) is 0 Å². The number of nitrogen functional groups attached to an aromatic ring is 1. The molecule has 3 N–H and O–H groups in total. The third kappa shape index (κ3) is 2.65. The number of carbonyl (C=O) groups is 1. The van der Waals surface area contributed by atoms with Gasteiger partial charge in [-0.2, -0.15) is 0 Å². The summed E-state index contributed by atoms with van der Waals surface area (Å²) in [5.74, 6) is 0.0810. The molecule has 1 amide bonds. The predicted octanol–water partition coefficient (Wildman–Crippen LogP) is 2.50. The van der Waals surface area contributed by atoms with Crippen molar-refractivity contribution in [3.05, 3.63) is 35.1 Å². The van der Waals surface area contributed by atoms with Gasteiger partial charge in [0.2, 0.25) is 0 Å². The van der Waals surface area contributed by atoms with Gasteiger partial charge in [0.25, 0.3) is 5.91 Å². The zero-order valence-corrected chi connectivity index (χ0v) is 11.0. The second-order valence-corrected chi connectivity index (χ2v) is 5.01. The first-order valence-electron chi connectivity index (χ1n) is 5.54. The van der Waals surface area contributed by atoms with Crippen molar-refractivity contribution in [2.45, 2.75) is 19.8 Å². The van der Waals surface area contributed by atoms with Gasteiger partial charge in [-0.1, -0.05) is 13.8 Å². The molecule has 18 heavy (non-hydrogen) atoms. The third-order valence-corrected chi connectivity index (χ3v) is 3.21. The molecule has 0 bridgehead atoms. The van der Waals surface area contributed by atoms with Gasteiger partial charge < -0.3 is 5.73 Å². The largest absolute Gasteiger partial charge is 0.397 e. The van der Waals surface area contributed by atoms with E-state index in [1.165, 1.54) is 23.7 Å². The van der Waals surface area contributed by atoms with Crippen molar-refractivity contribution in [1.82, 2.24) is 9.97 Å². The summed E-state index contributed by atoms with van der Waals surface area (Å²) in [6, 6.07) is 1.58. The molecule has 0 saturated carbocycles. The minimum Gasteiger partial charge on any atom is -0.397 e. The third-order valence-electron chi connectivity index (χ3n) is 2.43. The highest BCUT2D eigenvalue weighted by molar-refractivity contribution is 7.14. The summed E-state index contributed by atoms with van der Waals surface area (Å²) in [5, 5.41) is 5.26. The molecule has 0 aliphatic carbocycles. The molecular formula is C12H14N4OS. The quantitative estimate of drug-likeness (QED) is 0.890. The van der Waals surface area contributed by atoms with E-state index in [1.807, 2.05) is 5.38 Å². The van der Waals surface area contributed by atoms with Crippen LogP contribution in [0.25, 0.3) is 0 Å². The van der Waals surface area contributed by atoms with Gasteiger partial charge in [-0.25, -0.2) is 4.98 Å². The Balaban J connectivity index is 2.14. The zero-order chi connectivity index (χ0) is 13.1. The minimum absolute atomic E-state index is 0.264. The molecule has 2 aromatic rings. The Bertz CT molecular complexity index is 565. The number of rotatable bonds is 3. The zero-order valence-electron chi connectivity index (χ0n) is 10.2. The molecule has 0 unspecified atom stereocenters. The van der Waals surface area contributed by atoms with Crippen LogP contribution in [-0.2, 0) is 0 Å². The molecule has 2 aromatic heterocycles. The van der Waals surface area contributed by atoms with E-state index in [-0.39, 0.29) is 5.91 Å². The molecule has 0 spiro atoms. The van der Waals surface area contributed by atoms with E-state index in [4.69, 9.17) is 5.73 Å². The fourth-order valence-corrected chi connectivity index (χ4v) is 2.25. The van der Waals surface area contributed by atoms with Gasteiger partial charge in [0, 0.05) is 11.6 Å². The average molecular weight is 262 g/mol. The fraction of sp³-hybridized carbons (Fsp3) is 0.250. The lowest BCUT2D eigenvalue weighted by atomic mass is 10.2. The van der Waals surface area contributed by atoms with Crippen molar-refractivity contribution in [3.8, 4) is 0 Å². The summed E-state index contributed by atoms with van der Waals surface area (Å²) in [6.07, 6.45) is 2.99. The number of hydrogen-bond acceptors (Lipinski definition) is 5. The molecule has 94 valence electrons. The standard InChI is InChI=1S/C12H14N4OS/c1-7(2)10-6-18-12(15-10)16-11(17)8-3-4-14-5-9(8)13/h3-7H,13H2,1-2H3,(H,15,16,17). The Morgan fingerprint density at radius 3 is 2.89 bits per heavy atom. The highest BCUT2D eigenvalue weighted by atomic mass is 32.1. The fourth-order valence-electron chi connectivity index (χ4n) is 1.39. The number of nitrogens with one attached hydrogen (secondary N) is 1. The number of nitrogens with two attached hydrogens (primary N) is 1. The maximum atomic E-state index is 12.0. The Kier molecular flexibility index (Phi) is 3.57. The topological polar surface area (TPSA) is 80.9 Å².